The van der Waals surface area contributed by atoms with E-state index in [1.807, 2.05) is 6.92 Å². The van der Waals surface area contributed by atoms with Crippen LogP contribution < -0.4 is 10.5 Å². The van der Waals surface area contributed by atoms with Crippen LogP contribution >= 0.6 is 38.9 Å². The van der Waals surface area contributed by atoms with Gasteiger partial charge in [-0.1, -0.05) is 11.6 Å². The maximum atomic E-state index is 5.91. The Morgan fingerprint density at radius 3 is 2.88 bits per heavy atom. The van der Waals surface area contributed by atoms with Crippen molar-refractivity contribution in [3.8, 4) is 5.75 Å². The normalized spacial score (nSPS) is 10.5. The summed E-state index contributed by atoms with van der Waals surface area (Å²) in [6.45, 7) is 2.44. The minimum absolute atomic E-state index is 0.481. The third kappa shape index (κ3) is 3.12. The summed E-state index contributed by atoms with van der Waals surface area (Å²) in [4.78, 5) is 5.35. The van der Waals surface area contributed by atoms with Crippen LogP contribution in [0.25, 0.3) is 0 Å². The molecule has 0 spiro atoms. The van der Waals surface area contributed by atoms with E-state index >= 15 is 0 Å². The molecule has 2 rings (SSSR count). The van der Waals surface area contributed by atoms with E-state index in [1.54, 1.807) is 29.5 Å². The van der Waals surface area contributed by atoms with E-state index in [9.17, 15) is 0 Å². The Morgan fingerprint density at radius 1 is 1.53 bits per heavy atom. The average Bonchev–Trinajstić information content (AvgIpc) is 2.59. The molecule has 90 valence electrons. The predicted molar refractivity (Wildman–Crippen MR) is 74.7 cm³/mol. The van der Waals surface area contributed by atoms with E-state index in [4.69, 9.17) is 22.1 Å². The number of nitrogens with zero attached hydrogens (tertiary/aromatic N) is 1. The molecule has 3 nitrogen and oxygen atoms in total. The van der Waals surface area contributed by atoms with Crippen molar-refractivity contribution >= 4 is 44.6 Å². The highest BCUT2D eigenvalue weighted by Crippen LogP contribution is 2.27. The van der Waals surface area contributed by atoms with Gasteiger partial charge in [0.05, 0.1) is 21.3 Å². The van der Waals surface area contributed by atoms with Gasteiger partial charge >= 0.3 is 0 Å². The number of aryl methyl sites for hydroxylation is 1. The van der Waals surface area contributed by atoms with Crippen molar-refractivity contribution in [2.75, 3.05) is 5.73 Å². The fraction of sp³-hybridized carbons (Fsp3) is 0.182. The Kier molecular flexibility index (Phi) is 3.91. The van der Waals surface area contributed by atoms with Gasteiger partial charge in [-0.3, -0.25) is 0 Å². The van der Waals surface area contributed by atoms with Gasteiger partial charge in [0.15, 0.2) is 3.92 Å². The Hall–Kier alpha value is -0.780. The number of hydrogen-bond acceptors (Lipinski definition) is 4. The van der Waals surface area contributed by atoms with E-state index in [1.165, 1.54) is 0 Å². The van der Waals surface area contributed by atoms with Gasteiger partial charge < -0.3 is 10.5 Å². The van der Waals surface area contributed by atoms with Crippen LogP contribution in [0.5, 0.6) is 5.75 Å². The molecule has 2 aromatic rings. The van der Waals surface area contributed by atoms with Gasteiger partial charge in [-0.2, -0.15) is 0 Å². The van der Waals surface area contributed by atoms with Crippen LogP contribution in [0.15, 0.2) is 22.1 Å². The fourth-order valence-corrected chi connectivity index (χ4v) is 2.99. The SMILES string of the molecule is Cc1nc(Br)sc1COc1ccc(N)c(Cl)c1. The van der Waals surface area contributed by atoms with Crippen molar-refractivity contribution in [3.05, 3.63) is 37.7 Å². The number of anilines is 1. The minimum atomic E-state index is 0.481. The van der Waals surface area contributed by atoms with Gasteiger partial charge in [0.25, 0.3) is 0 Å². The molecular formula is C11H10BrClN2OS. The molecule has 1 aromatic heterocycles. The first kappa shape index (κ1) is 12.7. The fourth-order valence-electron chi connectivity index (χ4n) is 1.27. The summed E-state index contributed by atoms with van der Waals surface area (Å²) in [7, 11) is 0. The van der Waals surface area contributed by atoms with Gasteiger partial charge in [0.2, 0.25) is 0 Å². The monoisotopic (exact) mass is 332 g/mol. The smallest absolute Gasteiger partial charge is 0.159 e. The van der Waals surface area contributed by atoms with Crippen molar-refractivity contribution in [1.82, 2.24) is 4.98 Å². The first-order chi connectivity index (χ1) is 8.06. The highest BCUT2D eigenvalue weighted by atomic mass is 79.9. The quantitative estimate of drug-likeness (QED) is 0.863. The lowest BCUT2D eigenvalue weighted by Gasteiger charge is -2.06. The van der Waals surface area contributed by atoms with Crippen molar-refractivity contribution in [1.29, 1.82) is 0 Å². The van der Waals surface area contributed by atoms with Gasteiger partial charge in [-0.15, -0.1) is 11.3 Å². The molecular weight excluding hydrogens is 324 g/mol. The Morgan fingerprint density at radius 2 is 2.29 bits per heavy atom. The van der Waals surface area contributed by atoms with E-state index < -0.39 is 0 Å². The zero-order valence-electron chi connectivity index (χ0n) is 9.04. The third-order valence-corrected chi connectivity index (χ3v) is 4.12. The summed E-state index contributed by atoms with van der Waals surface area (Å²) < 4.78 is 6.50. The molecule has 0 atom stereocenters. The molecule has 2 N–H and O–H groups in total. The lowest BCUT2D eigenvalue weighted by atomic mass is 10.3. The third-order valence-electron chi connectivity index (χ3n) is 2.21. The highest BCUT2D eigenvalue weighted by Gasteiger charge is 2.07. The number of halogens is 2. The van der Waals surface area contributed by atoms with Crippen LogP contribution in [0, 0.1) is 6.92 Å². The first-order valence-corrected chi connectivity index (χ1v) is 6.84. The zero-order valence-corrected chi connectivity index (χ0v) is 12.2. The number of nitrogen functional groups attached to an aromatic ring is 1. The number of thiazole rings is 1. The standard InChI is InChI=1S/C11H10BrClN2OS/c1-6-10(17-11(12)15-6)5-16-7-2-3-9(14)8(13)4-7/h2-4H,5,14H2,1H3. The summed E-state index contributed by atoms with van der Waals surface area (Å²) in [5.41, 5.74) is 7.15. The molecule has 0 amide bonds. The molecule has 0 fully saturated rings. The predicted octanol–water partition coefficient (Wildman–Crippen LogP) is 4.03. The summed E-state index contributed by atoms with van der Waals surface area (Å²) >= 11 is 10.8. The zero-order chi connectivity index (χ0) is 12.4. The van der Waals surface area contributed by atoms with Crippen LogP contribution in [0.1, 0.15) is 10.6 Å². The van der Waals surface area contributed by atoms with Gasteiger partial charge in [-0.25, -0.2) is 4.98 Å². The average molecular weight is 334 g/mol. The van der Waals surface area contributed by atoms with Gasteiger partial charge in [-0.05, 0) is 35.0 Å². The van der Waals surface area contributed by atoms with Crippen molar-refractivity contribution in [2.24, 2.45) is 0 Å². The molecule has 0 aliphatic carbocycles. The molecule has 0 saturated carbocycles. The number of benzene rings is 1. The van der Waals surface area contributed by atoms with E-state index in [0.717, 1.165) is 14.5 Å². The number of rotatable bonds is 3. The lowest BCUT2D eigenvalue weighted by molar-refractivity contribution is 0.309. The largest absolute Gasteiger partial charge is 0.488 e. The Balaban J connectivity index is 2.07. The summed E-state index contributed by atoms with van der Waals surface area (Å²) in [6.07, 6.45) is 0. The maximum absolute atomic E-state index is 5.91. The van der Waals surface area contributed by atoms with Crippen LogP contribution in [-0.2, 0) is 6.61 Å². The number of aromatic nitrogens is 1. The summed E-state index contributed by atoms with van der Waals surface area (Å²) in [5, 5.41) is 0.504. The number of ether oxygens (including phenoxy) is 1. The van der Waals surface area contributed by atoms with Crippen LogP contribution in [0.3, 0.4) is 0 Å². The molecule has 0 unspecified atom stereocenters. The van der Waals surface area contributed by atoms with E-state index in [-0.39, 0.29) is 0 Å². The molecule has 1 aromatic carbocycles. The van der Waals surface area contributed by atoms with Gasteiger partial charge in [0, 0.05) is 6.07 Å². The second-order valence-electron chi connectivity index (χ2n) is 3.45. The van der Waals surface area contributed by atoms with Crippen LogP contribution in [0.2, 0.25) is 5.02 Å². The van der Waals surface area contributed by atoms with Crippen molar-refractivity contribution in [3.63, 3.8) is 0 Å². The number of nitrogens with two attached hydrogens (primary N) is 1. The lowest BCUT2D eigenvalue weighted by Crippen LogP contribution is -1.95. The van der Waals surface area contributed by atoms with Crippen LogP contribution in [-0.4, -0.2) is 4.98 Å². The maximum Gasteiger partial charge on any atom is 0.159 e. The molecule has 0 aliphatic rings. The molecule has 1 heterocycles. The molecule has 0 bridgehead atoms. The van der Waals surface area contributed by atoms with E-state index in [2.05, 4.69) is 20.9 Å². The van der Waals surface area contributed by atoms with E-state index in [0.29, 0.717) is 23.1 Å². The van der Waals surface area contributed by atoms with Crippen molar-refractivity contribution in [2.45, 2.75) is 13.5 Å². The molecule has 6 heteroatoms. The second-order valence-corrected chi connectivity index (χ2v) is 6.21. The highest BCUT2D eigenvalue weighted by molar-refractivity contribution is 9.11. The molecule has 0 saturated heterocycles. The Bertz CT molecular complexity index is 544. The molecule has 0 aliphatic heterocycles. The summed E-state index contributed by atoms with van der Waals surface area (Å²) in [5.74, 6) is 0.702. The molecule has 0 radical (unpaired) electrons. The minimum Gasteiger partial charge on any atom is -0.488 e. The first-order valence-electron chi connectivity index (χ1n) is 4.86. The molecule has 17 heavy (non-hydrogen) atoms. The summed E-state index contributed by atoms with van der Waals surface area (Å²) in [6, 6.07) is 5.24. The number of hydrogen-bond donors (Lipinski definition) is 1. The Labute approximate surface area is 117 Å². The topological polar surface area (TPSA) is 48.1 Å². The van der Waals surface area contributed by atoms with Gasteiger partial charge in [0.1, 0.15) is 12.4 Å². The van der Waals surface area contributed by atoms with Crippen molar-refractivity contribution < 1.29 is 4.74 Å². The van der Waals surface area contributed by atoms with Crippen LogP contribution in [0.4, 0.5) is 5.69 Å². The second kappa shape index (κ2) is 5.25.